The molecule has 1 aromatic rings. The van der Waals surface area contributed by atoms with E-state index in [0.29, 0.717) is 13.2 Å². The van der Waals surface area contributed by atoms with Crippen molar-refractivity contribution >= 4 is 5.91 Å². The number of nitrogens with one attached hydrogen (secondary N) is 2. The van der Waals surface area contributed by atoms with E-state index in [1.807, 2.05) is 30.3 Å². The SMILES string of the molecule is NC(=O)[C@H]1CC[C@@H](NOCc2ccccc2)CN1. The Labute approximate surface area is 107 Å². The molecule has 2 atom stereocenters. The number of rotatable bonds is 5. The number of hydrogen-bond donors (Lipinski definition) is 3. The molecular weight excluding hydrogens is 230 g/mol. The van der Waals surface area contributed by atoms with Gasteiger partial charge in [-0.05, 0) is 18.4 Å². The first kappa shape index (κ1) is 13.0. The molecule has 0 bridgehead atoms. The molecule has 18 heavy (non-hydrogen) atoms. The van der Waals surface area contributed by atoms with Crippen molar-refractivity contribution in [3.05, 3.63) is 35.9 Å². The van der Waals surface area contributed by atoms with Crippen LogP contribution in [0, 0.1) is 0 Å². The van der Waals surface area contributed by atoms with Crippen LogP contribution in [-0.4, -0.2) is 24.5 Å². The van der Waals surface area contributed by atoms with Gasteiger partial charge in [-0.3, -0.25) is 9.63 Å². The van der Waals surface area contributed by atoms with E-state index in [-0.39, 0.29) is 18.0 Å². The van der Waals surface area contributed by atoms with Crippen molar-refractivity contribution in [1.29, 1.82) is 0 Å². The van der Waals surface area contributed by atoms with Gasteiger partial charge in [-0.2, -0.15) is 5.48 Å². The average Bonchev–Trinajstić information content (AvgIpc) is 2.40. The maximum atomic E-state index is 11.0. The van der Waals surface area contributed by atoms with E-state index in [0.717, 1.165) is 18.4 Å². The Morgan fingerprint density at radius 1 is 1.39 bits per heavy atom. The minimum atomic E-state index is -0.279. The summed E-state index contributed by atoms with van der Waals surface area (Å²) >= 11 is 0. The standard InChI is InChI=1S/C13H19N3O2/c14-13(17)12-7-6-11(8-15-12)16-18-9-10-4-2-1-3-5-10/h1-5,11-12,15-16H,6-9H2,(H2,14,17)/t11-,12-/m1/s1. The monoisotopic (exact) mass is 249 g/mol. The molecule has 1 saturated heterocycles. The maximum Gasteiger partial charge on any atom is 0.234 e. The van der Waals surface area contributed by atoms with Crippen molar-refractivity contribution in [3.8, 4) is 0 Å². The summed E-state index contributed by atoms with van der Waals surface area (Å²) in [5.41, 5.74) is 9.38. The molecule has 1 heterocycles. The molecule has 0 aliphatic carbocycles. The summed E-state index contributed by atoms with van der Waals surface area (Å²) in [4.78, 5) is 16.4. The summed E-state index contributed by atoms with van der Waals surface area (Å²) in [7, 11) is 0. The largest absolute Gasteiger partial charge is 0.368 e. The minimum absolute atomic E-state index is 0.197. The van der Waals surface area contributed by atoms with Gasteiger partial charge >= 0.3 is 0 Å². The normalized spacial score (nSPS) is 23.8. The van der Waals surface area contributed by atoms with Crippen LogP contribution in [0.15, 0.2) is 30.3 Å². The highest BCUT2D eigenvalue weighted by Gasteiger charge is 2.23. The van der Waals surface area contributed by atoms with E-state index < -0.39 is 0 Å². The summed E-state index contributed by atoms with van der Waals surface area (Å²) in [5.74, 6) is -0.279. The van der Waals surface area contributed by atoms with Crippen LogP contribution in [-0.2, 0) is 16.2 Å². The number of amides is 1. The Hall–Kier alpha value is -1.43. The predicted octanol–water partition coefficient (Wildman–Crippen LogP) is 0.314. The first-order valence-corrected chi connectivity index (χ1v) is 6.19. The molecule has 98 valence electrons. The molecule has 4 N–H and O–H groups in total. The molecule has 2 rings (SSSR count). The van der Waals surface area contributed by atoms with Gasteiger partial charge in [0.1, 0.15) is 0 Å². The number of hydrogen-bond acceptors (Lipinski definition) is 4. The molecule has 0 saturated carbocycles. The molecule has 0 spiro atoms. The fraction of sp³-hybridized carbons (Fsp3) is 0.462. The quantitative estimate of drug-likeness (QED) is 0.657. The van der Waals surface area contributed by atoms with Crippen LogP contribution in [0.4, 0.5) is 0 Å². The number of hydroxylamine groups is 1. The fourth-order valence-electron chi connectivity index (χ4n) is 2.02. The molecule has 5 nitrogen and oxygen atoms in total. The van der Waals surface area contributed by atoms with Crippen molar-refractivity contribution in [1.82, 2.24) is 10.8 Å². The molecule has 1 aliphatic heterocycles. The van der Waals surface area contributed by atoms with Gasteiger partial charge in [0.25, 0.3) is 0 Å². The second-order valence-corrected chi connectivity index (χ2v) is 4.53. The number of piperidine rings is 1. The van der Waals surface area contributed by atoms with Crippen molar-refractivity contribution < 1.29 is 9.63 Å². The van der Waals surface area contributed by atoms with E-state index in [1.165, 1.54) is 0 Å². The van der Waals surface area contributed by atoms with Crippen molar-refractivity contribution in [2.45, 2.75) is 31.5 Å². The average molecular weight is 249 g/mol. The minimum Gasteiger partial charge on any atom is -0.368 e. The van der Waals surface area contributed by atoms with Gasteiger partial charge in [0.2, 0.25) is 5.91 Å². The second kappa shape index (κ2) is 6.49. The van der Waals surface area contributed by atoms with Gasteiger partial charge in [-0.25, -0.2) is 0 Å². The zero-order valence-corrected chi connectivity index (χ0v) is 10.3. The van der Waals surface area contributed by atoms with Crippen LogP contribution in [0.3, 0.4) is 0 Å². The summed E-state index contributed by atoms with van der Waals surface area (Å²) < 4.78 is 0. The summed E-state index contributed by atoms with van der Waals surface area (Å²) in [6.45, 7) is 1.24. The van der Waals surface area contributed by atoms with Crippen LogP contribution in [0.1, 0.15) is 18.4 Å². The predicted molar refractivity (Wildman–Crippen MR) is 68.4 cm³/mol. The summed E-state index contributed by atoms with van der Waals surface area (Å²) in [6.07, 6.45) is 1.64. The van der Waals surface area contributed by atoms with Crippen LogP contribution < -0.4 is 16.5 Å². The molecule has 5 heteroatoms. The van der Waals surface area contributed by atoms with E-state index in [2.05, 4.69) is 10.8 Å². The van der Waals surface area contributed by atoms with Gasteiger partial charge < -0.3 is 11.1 Å². The first-order valence-electron chi connectivity index (χ1n) is 6.19. The molecule has 0 aromatic heterocycles. The van der Waals surface area contributed by atoms with Gasteiger partial charge in [0.15, 0.2) is 0 Å². The smallest absolute Gasteiger partial charge is 0.234 e. The molecule has 0 unspecified atom stereocenters. The number of benzene rings is 1. The van der Waals surface area contributed by atoms with Gasteiger partial charge in [-0.1, -0.05) is 30.3 Å². The van der Waals surface area contributed by atoms with Crippen LogP contribution >= 0.6 is 0 Å². The Balaban J connectivity index is 1.65. The molecule has 1 aliphatic rings. The van der Waals surface area contributed by atoms with E-state index in [4.69, 9.17) is 10.6 Å². The Morgan fingerprint density at radius 3 is 2.78 bits per heavy atom. The van der Waals surface area contributed by atoms with Crippen LogP contribution in [0.25, 0.3) is 0 Å². The number of primary amides is 1. The van der Waals surface area contributed by atoms with E-state index in [9.17, 15) is 4.79 Å². The third-order valence-electron chi connectivity index (χ3n) is 3.09. The highest BCUT2D eigenvalue weighted by molar-refractivity contribution is 5.79. The number of carbonyl (C=O) groups is 1. The maximum absolute atomic E-state index is 11.0. The third kappa shape index (κ3) is 3.80. The van der Waals surface area contributed by atoms with Crippen molar-refractivity contribution in [3.63, 3.8) is 0 Å². The summed E-state index contributed by atoms with van der Waals surface area (Å²) in [6, 6.07) is 10.0. The highest BCUT2D eigenvalue weighted by Crippen LogP contribution is 2.08. The van der Waals surface area contributed by atoms with Gasteiger partial charge in [0.05, 0.1) is 12.6 Å². The van der Waals surface area contributed by atoms with E-state index >= 15 is 0 Å². The lowest BCUT2D eigenvalue weighted by Crippen LogP contribution is -2.52. The first-order chi connectivity index (χ1) is 8.75. The number of carbonyl (C=O) groups excluding carboxylic acids is 1. The zero-order valence-electron chi connectivity index (χ0n) is 10.3. The lowest BCUT2D eigenvalue weighted by molar-refractivity contribution is -0.120. The topological polar surface area (TPSA) is 76.4 Å². The Kier molecular flexibility index (Phi) is 4.69. The molecule has 0 radical (unpaired) electrons. The lowest BCUT2D eigenvalue weighted by atomic mass is 10.0. The molecule has 1 amide bonds. The molecule has 1 aromatic carbocycles. The number of nitrogens with two attached hydrogens (primary N) is 1. The lowest BCUT2D eigenvalue weighted by Gasteiger charge is -2.28. The van der Waals surface area contributed by atoms with Crippen LogP contribution in [0.2, 0.25) is 0 Å². The summed E-state index contributed by atoms with van der Waals surface area (Å²) in [5, 5.41) is 3.10. The second-order valence-electron chi connectivity index (χ2n) is 4.53. The Bertz CT molecular complexity index is 375. The molecule has 1 fully saturated rings. The molecular formula is C13H19N3O2. The van der Waals surface area contributed by atoms with Crippen LogP contribution in [0.5, 0.6) is 0 Å². The van der Waals surface area contributed by atoms with Gasteiger partial charge in [0, 0.05) is 12.6 Å². The van der Waals surface area contributed by atoms with Crippen molar-refractivity contribution in [2.24, 2.45) is 5.73 Å². The fourth-order valence-corrected chi connectivity index (χ4v) is 2.02. The highest BCUT2D eigenvalue weighted by atomic mass is 16.6. The van der Waals surface area contributed by atoms with Crippen molar-refractivity contribution in [2.75, 3.05) is 6.54 Å². The Morgan fingerprint density at radius 2 is 2.17 bits per heavy atom. The third-order valence-corrected chi connectivity index (χ3v) is 3.09. The van der Waals surface area contributed by atoms with E-state index in [1.54, 1.807) is 0 Å². The zero-order chi connectivity index (χ0) is 12.8. The van der Waals surface area contributed by atoms with Gasteiger partial charge in [-0.15, -0.1) is 0 Å².